The fraction of sp³-hybridized carbons (Fsp3) is 0.619. The molecule has 0 radical (unpaired) electrons. The Bertz CT molecular complexity index is 654. The molecule has 1 aliphatic carbocycles. The molecule has 0 unspecified atom stereocenters. The minimum atomic E-state index is 0.0898. The van der Waals surface area contributed by atoms with Crippen LogP contribution in [0.25, 0.3) is 0 Å². The number of carbonyl (C=O) groups excluding carboxylic acids is 1. The summed E-state index contributed by atoms with van der Waals surface area (Å²) in [6, 6.07) is 11.0. The van der Waals surface area contributed by atoms with Crippen LogP contribution in [-0.4, -0.2) is 67.3 Å². The number of nitrogens with one attached hydrogen (secondary N) is 3. The van der Waals surface area contributed by atoms with Gasteiger partial charge in [-0.1, -0.05) is 18.2 Å². The van der Waals surface area contributed by atoms with Crippen LogP contribution in [-0.2, 0) is 4.79 Å². The van der Waals surface area contributed by atoms with Gasteiger partial charge in [0.15, 0.2) is 5.96 Å². The van der Waals surface area contributed by atoms with Gasteiger partial charge >= 0.3 is 0 Å². The van der Waals surface area contributed by atoms with Crippen LogP contribution in [0.2, 0.25) is 0 Å². The maximum absolute atomic E-state index is 11.5. The quantitative estimate of drug-likeness (QED) is 0.458. The van der Waals surface area contributed by atoms with Gasteiger partial charge in [-0.05, 0) is 44.7 Å². The van der Waals surface area contributed by atoms with Crippen LogP contribution in [0.5, 0.6) is 0 Å². The van der Waals surface area contributed by atoms with Crippen molar-refractivity contribution in [2.45, 2.75) is 48.3 Å². The first-order valence-corrected chi connectivity index (χ1v) is 11.2. The van der Waals surface area contributed by atoms with Crippen LogP contribution < -0.4 is 16.0 Å². The second-order valence-electron chi connectivity index (χ2n) is 7.66. The number of hydrogen-bond acceptors (Lipinski definition) is 4. The lowest BCUT2D eigenvalue weighted by Gasteiger charge is -2.32. The molecule has 0 aromatic heterocycles. The number of piperidine rings is 1. The van der Waals surface area contributed by atoms with Crippen molar-refractivity contribution in [2.75, 3.05) is 39.8 Å². The minimum Gasteiger partial charge on any atom is -0.358 e. The number of likely N-dealkylation sites (N-methyl/N-ethyl adjacent to an activating group) is 1. The number of amides is 1. The van der Waals surface area contributed by atoms with Gasteiger partial charge in [0.2, 0.25) is 5.91 Å². The Labute approximate surface area is 172 Å². The molecule has 2 aliphatic rings. The van der Waals surface area contributed by atoms with E-state index >= 15 is 0 Å². The fourth-order valence-electron chi connectivity index (χ4n) is 3.42. The lowest BCUT2D eigenvalue weighted by Crippen LogP contribution is -2.50. The molecule has 1 saturated carbocycles. The average Bonchev–Trinajstić information content (AvgIpc) is 3.48. The first kappa shape index (κ1) is 21.0. The highest BCUT2D eigenvalue weighted by molar-refractivity contribution is 8.01. The number of benzene rings is 1. The maximum atomic E-state index is 11.5. The van der Waals surface area contributed by atoms with Gasteiger partial charge in [-0.15, -0.1) is 11.8 Å². The molecule has 0 atom stereocenters. The summed E-state index contributed by atoms with van der Waals surface area (Å²) in [4.78, 5) is 20.0. The van der Waals surface area contributed by atoms with E-state index in [2.05, 4.69) is 58.1 Å². The number of aliphatic imine (C=N–C) groups is 1. The van der Waals surface area contributed by atoms with Gasteiger partial charge in [0.05, 0.1) is 13.1 Å². The van der Waals surface area contributed by atoms with E-state index in [0.29, 0.717) is 12.6 Å². The highest BCUT2D eigenvalue weighted by Gasteiger charge is 2.43. The summed E-state index contributed by atoms with van der Waals surface area (Å²) in [7, 11) is 1.69. The van der Waals surface area contributed by atoms with Crippen molar-refractivity contribution in [3.8, 4) is 0 Å². The Kier molecular flexibility index (Phi) is 7.62. The zero-order valence-corrected chi connectivity index (χ0v) is 17.9. The lowest BCUT2D eigenvalue weighted by atomic mass is 10.1. The van der Waals surface area contributed by atoms with E-state index in [9.17, 15) is 4.79 Å². The smallest absolute Gasteiger partial charge is 0.233 e. The topological polar surface area (TPSA) is 68.8 Å². The molecule has 3 rings (SSSR count). The molecule has 1 saturated heterocycles. The SMILES string of the molecule is CCNC(=NCC1(Sc2ccccc2)CC1)NC1CCN(CC(=O)NC)CC1. The average molecular weight is 404 g/mol. The number of nitrogens with zero attached hydrogens (tertiary/aromatic N) is 2. The predicted molar refractivity (Wildman–Crippen MR) is 117 cm³/mol. The Morgan fingerprint density at radius 1 is 1.25 bits per heavy atom. The van der Waals surface area contributed by atoms with E-state index < -0.39 is 0 Å². The van der Waals surface area contributed by atoms with E-state index in [0.717, 1.165) is 45.0 Å². The maximum Gasteiger partial charge on any atom is 0.233 e. The molecule has 1 aliphatic heterocycles. The lowest BCUT2D eigenvalue weighted by molar-refractivity contribution is -0.122. The van der Waals surface area contributed by atoms with Crippen LogP contribution in [0, 0.1) is 0 Å². The van der Waals surface area contributed by atoms with Crippen molar-refractivity contribution in [2.24, 2.45) is 4.99 Å². The fourth-order valence-corrected chi connectivity index (χ4v) is 4.65. The van der Waals surface area contributed by atoms with Crippen molar-refractivity contribution in [1.82, 2.24) is 20.9 Å². The molecule has 7 heteroatoms. The molecule has 3 N–H and O–H groups in total. The summed E-state index contributed by atoms with van der Waals surface area (Å²) in [6.07, 6.45) is 4.53. The standard InChI is InChI=1S/C21H33N5OS/c1-3-23-20(25-17-9-13-26(14-10-17)15-19(27)22-2)24-16-21(11-12-21)28-18-7-5-4-6-8-18/h4-8,17H,3,9-16H2,1-2H3,(H,22,27)(H2,23,24,25). The largest absolute Gasteiger partial charge is 0.358 e. The summed E-state index contributed by atoms with van der Waals surface area (Å²) < 4.78 is 0.264. The molecule has 1 heterocycles. The molecule has 2 fully saturated rings. The summed E-state index contributed by atoms with van der Waals surface area (Å²) in [5.41, 5.74) is 0. The van der Waals surface area contributed by atoms with Gasteiger partial charge < -0.3 is 16.0 Å². The molecule has 1 amide bonds. The highest BCUT2D eigenvalue weighted by Crippen LogP contribution is 2.51. The molecule has 28 heavy (non-hydrogen) atoms. The monoisotopic (exact) mass is 403 g/mol. The van der Waals surface area contributed by atoms with E-state index in [1.54, 1.807) is 7.05 Å². The third kappa shape index (κ3) is 6.41. The van der Waals surface area contributed by atoms with E-state index in [1.807, 2.05) is 11.8 Å². The van der Waals surface area contributed by atoms with Crippen LogP contribution in [0.15, 0.2) is 40.2 Å². The van der Waals surface area contributed by atoms with Gasteiger partial charge in [-0.3, -0.25) is 14.7 Å². The molecule has 0 bridgehead atoms. The second-order valence-corrected chi connectivity index (χ2v) is 9.20. The van der Waals surface area contributed by atoms with E-state index in [-0.39, 0.29) is 10.7 Å². The Hall–Kier alpha value is -1.73. The molecule has 6 nitrogen and oxygen atoms in total. The molecule has 1 aromatic carbocycles. The molecule has 154 valence electrons. The van der Waals surface area contributed by atoms with Crippen LogP contribution in [0.4, 0.5) is 0 Å². The van der Waals surface area contributed by atoms with E-state index in [4.69, 9.17) is 4.99 Å². The normalized spacial score (nSPS) is 19.9. The number of likely N-dealkylation sites (tertiary alicyclic amines) is 1. The van der Waals surface area contributed by atoms with Gasteiger partial charge in [0, 0.05) is 42.4 Å². The van der Waals surface area contributed by atoms with Crippen molar-refractivity contribution in [3.05, 3.63) is 30.3 Å². The summed E-state index contributed by atoms with van der Waals surface area (Å²) >= 11 is 1.96. The highest BCUT2D eigenvalue weighted by atomic mass is 32.2. The predicted octanol–water partition coefficient (Wildman–Crippen LogP) is 2.08. The number of hydrogen-bond donors (Lipinski definition) is 3. The molecular weight excluding hydrogens is 370 g/mol. The van der Waals surface area contributed by atoms with Gasteiger partial charge in [-0.25, -0.2) is 0 Å². The molecule has 0 spiro atoms. The van der Waals surface area contributed by atoms with E-state index in [1.165, 1.54) is 17.7 Å². The minimum absolute atomic E-state index is 0.0898. The van der Waals surface area contributed by atoms with Gasteiger partial charge in [0.25, 0.3) is 0 Å². The second kappa shape index (κ2) is 10.2. The third-order valence-corrected chi connectivity index (χ3v) is 6.81. The van der Waals surface area contributed by atoms with Crippen LogP contribution in [0.1, 0.15) is 32.6 Å². The Morgan fingerprint density at radius 2 is 1.96 bits per heavy atom. The Balaban J connectivity index is 1.49. The first-order chi connectivity index (χ1) is 13.6. The number of rotatable bonds is 8. The van der Waals surface area contributed by atoms with Gasteiger partial charge in [0.1, 0.15) is 0 Å². The van der Waals surface area contributed by atoms with Crippen molar-refractivity contribution in [3.63, 3.8) is 0 Å². The zero-order chi connectivity index (χ0) is 19.8. The molecular formula is C21H33N5OS. The van der Waals surface area contributed by atoms with Crippen LogP contribution >= 0.6 is 11.8 Å². The zero-order valence-electron chi connectivity index (χ0n) is 17.0. The third-order valence-electron chi connectivity index (χ3n) is 5.33. The summed E-state index contributed by atoms with van der Waals surface area (Å²) in [6.45, 7) is 6.19. The van der Waals surface area contributed by atoms with Crippen molar-refractivity contribution >= 4 is 23.6 Å². The molecule has 1 aromatic rings. The number of thioether (sulfide) groups is 1. The van der Waals surface area contributed by atoms with Crippen LogP contribution in [0.3, 0.4) is 0 Å². The van der Waals surface area contributed by atoms with Crippen molar-refractivity contribution < 1.29 is 4.79 Å². The summed E-state index contributed by atoms with van der Waals surface area (Å²) in [5, 5.41) is 9.71. The number of guanidine groups is 1. The Morgan fingerprint density at radius 3 is 2.57 bits per heavy atom. The first-order valence-electron chi connectivity index (χ1n) is 10.3. The van der Waals surface area contributed by atoms with Crippen molar-refractivity contribution in [1.29, 1.82) is 0 Å². The summed E-state index contributed by atoms with van der Waals surface area (Å²) in [5.74, 6) is 1.01. The van der Waals surface area contributed by atoms with Gasteiger partial charge in [-0.2, -0.15) is 0 Å². The number of carbonyl (C=O) groups is 1.